The fourth-order valence-electron chi connectivity index (χ4n) is 3.88. The number of piperidine rings is 1. The van der Waals surface area contributed by atoms with E-state index < -0.39 is 5.60 Å². The van der Waals surface area contributed by atoms with Crippen LogP contribution in [-0.2, 0) is 16.2 Å². The molecule has 1 aromatic heterocycles. The van der Waals surface area contributed by atoms with Gasteiger partial charge in [0.1, 0.15) is 16.9 Å². The monoisotopic (exact) mass is 369 g/mol. The summed E-state index contributed by atoms with van der Waals surface area (Å²) in [6.07, 6.45) is 1.64. The average molecular weight is 369 g/mol. The van der Waals surface area contributed by atoms with Crippen molar-refractivity contribution in [1.29, 1.82) is 0 Å². The van der Waals surface area contributed by atoms with Crippen molar-refractivity contribution in [2.24, 2.45) is 0 Å². The highest BCUT2D eigenvalue weighted by Crippen LogP contribution is 2.37. The van der Waals surface area contributed by atoms with E-state index in [0.717, 1.165) is 5.56 Å². The molecule has 0 N–H and O–H groups in total. The lowest BCUT2D eigenvalue weighted by atomic mass is 9.88. The number of hydrogen-bond donors (Lipinski definition) is 0. The summed E-state index contributed by atoms with van der Waals surface area (Å²) in [7, 11) is 0. The Morgan fingerprint density at radius 1 is 1.19 bits per heavy atom. The van der Waals surface area contributed by atoms with Crippen LogP contribution in [0.2, 0.25) is 0 Å². The van der Waals surface area contributed by atoms with E-state index >= 15 is 0 Å². The highest BCUT2D eigenvalue weighted by Gasteiger charge is 2.47. The molecule has 1 spiro atoms. The third-order valence-electron chi connectivity index (χ3n) is 5.43. The largest absolute Gasteiger partial charge is 0.361 e. The topological polar surface area (TPSA) is 75.9 Å². The first-order valence-electron chi connectivity index (χ1n) is 9.23. The smallest absolute Gasteiger partial charge is 0.259 e. The number of benzene rings is 1. The Bertz CT molecular complexity index is 834. The number of aromatic nitrogens is 1. The van der Waals surface area contributed by atoms with Gasteiger partial charge in [-0.2, -0.15) is 0 Å². The molecule has 0 atom stereocenters. The quantitative estimate of drug-likeness (QED) is 0.831. The molecule has 4 rings (SSSR count). The molecular weight excluding hydrogens is 346 g/mol. The van der Waals surface area contributed by atoms with Gasteiger partial charge in [0.25, 0.3) is 5.91 Å². The molecule has 0 saturated carbocycles. The minimum Gasteiger partial charge on any atom is -0.361 e. The van der Waals surface area contributed by atoms with Crippen molar-refractivity contribution in [1.82, 2.24) is 15.1 Å². The van der Waals surface area contributed by atoms with Gasteiger partial charge < -0.3 is 9.42 Å². The molecular formula is C20H23N3O4. The van der Waals surface area contributed by atoms with Gasteiger partial charge in [0.2, 0.25) is 5.91 Å². The molecule has 27 heavy (non-hydrogen) atoms. The Morgan fingerprint density at radius 3 is 2.52 bits per heavy atom. The van der Waals surface area contributed by atoms with Crippen molar-refractivity contribution >= 4 is 11.8 Å². The number of nitrogens with zero attached hydrogens (tertiary/aromatic N) is 3. The number of rotatable bonds is 3. The summed E-state index contributed by atoms with van der Waals surface area (Å²) in [5, 5.41) is 5.34. The SMILES string of the molecule is Cc1noc(C)c1C(=O)N1CCC2(CC1)CC(=O)N(Cc1ccccc1)O2. The lowest BCUT2D eigenvalue weighted by Crippen LogP contribution is -2.47. The van der Waals surface area contributed by atoms with Crippen LogP contribution in [0, 0.1) is 13.8 Å². The summed E-state index contributed by atoms with van der Waals surface area (Å²) in [6.45, 7) is 5.07. The molecule has 0 aliphatic carbocycles. The fraction of sp³-hybridized carbons (Fsp3) is 0.450. The summed E-state index contributed by atoms with van der Waals surface area (Å²) in [5.41, 5.74) is 1.69. The van der Waals surface area contributed by atoms with E-state index in [0.29, 0.717) is 55.9 Å². The van der Waals surface area contributed by atoms with Crippen LogP contribution in [0.5, 0.6) is 0 Å². The van der Waals surface area contributed by atoms with Crippen molar-refractivity contribution in [3.05, 3.63) is 52.9 Å². The van der Waals surface area contributed by atoms with Gasteiger partial charge in [0, 0.05) is 13.1 Å². The number of carbonyl (C=O) groups excluding carboxylic acids is 2. The average Bonchev–Trinajstić information content (AvgIpc) is 3.15. The summed E-state index contributed by atoms with van der Waals surface area (Å²) >= 11 is 0. The zero-order chi connectivity index (χ0) is 19.0. The first-order valence-corrected chi connectivity index (χ1v) is 9.23. The number of aryl methyl sites for hydroxylation is 2. The molecule has 2 aliphatic heterocycles. The predicted molar refractivity (Wildman–Crippen MR) is 96.5 cm³/mol. The van der Waals surface area contributed by atoms with Crippen molar-refractivity contribution in [3.63, 3.8) is 0 Å². The first kappa shape index (κ1) is 17.7. The van der Waals surface area contributed by atoms with Gasteiger partial charge in [-0.1, -0.05) is 35.5 Å². The Labute approximate surface area is 157 Å². The Balaban J connectivity index is 1.40. The van der Waals surface area contributed by atoms with E-state index in [2.05, 4.69) is 5.16 Å². The maximum absolute atomic E-state index is 12.8. The van der Waals surface area contributed by atoms with E-state index in [1.165, 1.54) is 5.06 Å². The van der Waals surface area contributed by atoms with Crippen molar-refractivity contribution in [2.75, 3.05) is 13.1 Å². The summed E-state index contributed by atoms with van der Waals surface area (Å²) < 4.78 is 5.11. The van der Waals surface area contributed by atoms with Gasteiger partial charge in [0.05, 0.1) is 18.7 Å². The van der Waals surface area contributed by atoms with Gasteiger partial charge in [-0.3, -0.25) is 14.4 Å². The van der Waals surface area contributed by atoms with Gasteiger partial charge >= 0.3 is 0 Å². The summed E-state index contributed by atoms with van der Waals surface area (Å²) in [6, 6.07) is 9.80. The van der Waals surface area contributed by atoms with Gasteiger partial charge in [-0.25, -0.2) is 5.06 Å². The highest BCUT2D eigenvalue weighted by atomic mass is 16.7. The number of hydrogen-bond acceptors (Lipinski definition) is 5. The Kier molecular flexibility index (Phi) is 4.47. The van der Waals surface area contributed by atoms with Gasteiger partial charge in [-0.15, -0.1) is 0 Å². The molecule has 2 saturated heterocycles. The van der Waals surface area contributed by atoms with Crippen LogP contribution in [0.15, 0.2) is 34.9 Å². The highest BCUT2D eigenvalue weighted by molar-refractivity contribution is 5.96. The van der Waals surface area contributed by atoms with Crippen LogP contribution >= 0.6 is 0 Å². The molecule has 7 heteroatoms. The van der Waals surface area contributed by atoms with E-state index in [1.54, 1.807) is 18.7 Å². The normalized spacial score (nSPS) is 19.1. The van der Waals surface area contributed by atoms with Gasteiger partial charge in [0.15, 0.2) is 0 Å². The second-order valence-corrected chi connectivity index (χ2v) is 7.36. The molecule has 3 heterocycles. The van der Waals surface area contributed by atoms with E-state index in [1.807, 2.05) is 30.3 Å². The molecule has 2 fully saturated rings. The van der Waals surface area contributed by atoms with E-state index in [4.69, 9.17) is 9.36 Å². The lowest BCUT2D eigenvalue weighted by molar-refractivity contribution is -0.213. The zero-order valence-electron chi connectivity index (χ0n) is 15.6. The zero-order valence-corrected chi connectivity index (χ0v) is 15.6. The predicted octanol–water partition coefficient (Wildman–Crippen LogP) is 2.63. The number of carbonyl (C=O) groups is 2. The molecule has 0 radical (unpaired) electrons. The third kappa shape index (κ3) is 3.35. The fourth-order valence-corrected chi connectivity index (χ4v) is 3.88. The third-order valence-corrected chi connectivity index (χ3v) is 5.43. The molecule has 7 nitrogen and oxygen atoms in total. The van der Waals surface area contributed by atoms with E-state index in [9.17, 15) is 9.59 Å². The molecule has 0 bridgehead atoms. The summed E-state index contributed by atoms with van der Waals surface area (Å²) in [5.74, 6) is 0.482. The molecule has 142 valence electrons. The van der Waals surface area contributed by atoms with Crippen molar-refractivity contribution < 1.29 is 18.9 Å². The standard InChI is InChI=1S/C20H23N3O4/c1-14-18(15(2)26-21-14)19(25)22-10-8-20(9-11-22)12-17(24)23(27-20)13-16-6-4-3-5-7-16/h3-7H,8-13H2,1-2H3. The van der Waals surface area contributed by atoms with Crippen molar-refractivity contribution in [2.45, 2.75) is 45.3 Å². The molecule has 2 aromatic rings. The number of hydroxylamine groups is 2. The van der Waals surface area contributed by atoms with Crippen LogP contribution in [0.25, 0.3) is 0 Å². The van der Waals surface area contributed by atoms with Crippen molar-refractivity contribution in [3.8, 4) is 0 Å². The van der Waals surface area contributed by atoms with Crippen LogP contribution in [0.4, 0.5) is 0 Å². The van der Waals surface area contributed by atoms with Gasteiger partial charge in [-0.05, 0) is 32.3 Å². The lowest BCUT2D eigenvalue weighted by Gasteiger charge is -2.37. The molecule has 0 unspecified atom stereocenters. The Morgan fingerprint density at radius 2 is 1.89 bits per heavy atom. The van der Waals surface area contributed by atoms with Crippen LogP contribution in [-0.4, -0.2) is 45.6 Å². The van der Waals surface area contributed by atoms with E-state index in [-0.39, 0.29) is 11.8 Å². The second kappa shape index (κ2) is 6.81. The first-order chi connectivity index (χ1) is 13.0. The number of amides is 2. The maximum atomic E-state index is 12.8. The van der Waals surface area contributed by atoms with Crippen LogP contribution < -0.4 is 0 Å². The minimum atomic E-state index is -0.499. The molecule has 2 aliphatic rings. The summed E-state index contributed by atoms with van der Waals surface area (Å²) in [4.78, 5) is 33.1. The minimum absolute atomic E-state index is 0.00403. The second-order valence-electron chi connectivity index (χ2n) is 7.36. The molecule has 1 aromatic carbocycles. The van der Waals surface area contributed by atoms with Crippen LogP contribution in [0.1, 0.15) is 46.6 Å². The maximum Gasteiger partial charge on any atom is 0.259 e. The van der Waals surface area contributed by atoms with Crippen LogP contribution in [0.3, 0.4) is 0 Å². The molecule has 2 amide bonds. The Hall–Kier alpha value is -2.67. The number of likely N-dealkylation sites (tertiary alicyclic amines) is 1.